The van der Waals surface area contributed by atoms with Crippen molar-refractivity contribution in [2.24, 2.45) is 5.10 Å². The van der Waals surface area contributed by atoms with Gasteiger partial charge in [0, 0.05) is 12.6 Å². The molecule has 0 spiro atoms. The molecule has 0 atom stereocenters. The highest BCUT2D eigenvalue weighted by Crippen LogP contribution is 2.17. The van der Waals surface area contributed by atoms with Gasteiger partial charge >= 0.3 is 0 Å². The monoisotopic (exact) mass is 265 g/mol. The number of amides is 1. The molecule has 0 saturated carbocycles. The molecule has 1 aliphatic heterocycles. The third kappa shape index (κ3) is 2.32. The van der Waals surface area contributed by atoms with Gasteiger partial charge in [0.15, 0.2) is 0 Å². The molecule has 0 bridgehead atoms. The fourth-order valence-electron chi connectivity index (χ4n) is 2.29. The zero-order valence-corrected chi connectivity index (χ0v) is 11.3. The van der Waals surface area contributed by atoms with Gasteiger partial charge in [-0.15, -0.1) is 0 Å². The molecule has 0 unspecified atom stereocenters. The van der Waals surface area contributed by atoms with Gasteiger partial charge < -0.3 is 0 Å². The van der Waals surface area contributed by atoms with E-state index in [2.05, 4.69) is 10.1 Å². The Kier molecular flexibility index (Phi) is 3.29. The second-order valence-corrected chi connectivity index (χ2v) is 4.73. The molecule has 2 heterocycles. The molecule has 1 aromatic heterocycles. The maximum atomic E-state index is 12.4. The lowest BCUT2D eigenvalue weighted by atomic mass is 10.1. The molecule has 4 nitrogen and oxygen atoms in total. The van der Waals surface area contributed by atoms with Crippen molar-refractivity contribution < 1.29 is 4.79 Å². The molecule has 1 aromatic carbocycles. The third-order valence-corrected chi connectivity index (χ3v) is 3.38. The maximum absolute atomic E-state index is 12.4. The van der Waals surface area contributed by atoms with Gasteiger partial charge in [0.25, 0.3) is 5.91 Å². The lowest BCUT2D eigenvalue weighted by molar-refractivity contribution is 0.0777. The number of hydrogen-bond acceptors (Lipinski definition) is 3. The highest BCUT2D eigenvalue weighted by Gasteiger charge is 2.23. The van der Waals surface area contributed by atoms with Crippen molar-refractivity contribution in [1.82, 2.24) is 9.99 Å². The van der Waals surface area contributed by atoms with Crippen LogP contribution in [-0.2, 0) is 0 Å². The smallest absolute Gasteiger partial charge is 0.267 e. The van der Waals surface area contributed by atoms with E-state index in [1.54, 1.807) is 18.3 Å². The van der Waals surface area contributed by atoms with Crippen LogP contribution >= 0.6 is 0 Å². The Morgan fingerprint density at radius 2 is 1.95 bits per heavy atom. The van der Waals surface area contributed by atoms with E-state index >= 15 is 0 Å². The van der Waals surface area contributed by atoms with Crippen molar-refractivity contribution in [3.05, 3.63) is 65.5 Å². The van der Waals surface area contributed by atoms with Gasteiger partial charge in [0.1, 0.15) is 0 Å². The van der Waals surface area contributed by atoms with E-state index in [9.17, 15) is 4.79 Å². The number of hydrogen-bond donors (Lipinski definition) is 0. The number of pyridine rings is 1. The van der Waals surface area contributed by atoms with E-state index < -0.39 is 0 Å². The molecule has 0 saturated heterocycles. The molecule has 0 aliphatic carbocycles. The number of rotatable bonds is 2. The molecular weight excluding hydrogens is 250 g/mol. The van der Waals surface area contributed by atoms with Crippen LogP contribution in [0.5, 0.6) is 0 Å². The molecule has 4 heteroatoms. The summed E-state index contributed by atoms with van der Waals surface area (Å²) in [6.45, 7) is 2.46. The van der Waals surface area contributed by atoms with E-state index in [1.807, 2.05) is 37.3 Å². The number of benzene rings is 1. The first-order chi connectivity index (χ1) is 9.75. The van der Waals surface area contributed by atoms with Gasteiger partial charge in [-0.05, 0) is 24.6 Å². The summed E-state index contributed by atoms with van der Waals surface area (Å²) in [6.07, 6.45) is 2.48. The summed E-state index contributed by atoms with van der Waals surface area (Å²) in [7, 11) is 0. The predicted molar refractivity (Wildman–Crippen MR) is 77.6 cm³/mol. The Morgan fingerprint density at radius 1 is 1.15 bits per heavy atom. The average molecular weight is 265 g/mol. The van der Waals surface area contributed by atoms with Crippen molar-refractivity contribution in [3.63, 3.8) is 0 Å². The minimum Gasteiger partial charge on any atom is -0.267 e. The summed E-state index contributed by atoms with van der Waals surface area (Å²) in [4.78, 5) is 16.6. The lowest BCUT2D eigenvalue weighted by Gasteiger charge is -2.12. The minimum atomic E-state index is -0.0819. The van der Waals surface area contributed by atoms with Crippen LogP contribution in [0.4, 0.5) is 0 Å². The van der Waals surface area contributed by atoms with Crippen LogP contribution in [0.15, 0.2) is 53.8 Å². The van der Waals surface area contributed by atoms with E-state index in [1.165, 1.54) is 5.01 Å². The molecule has 3 rings (SSSR count). The quantitative estimate of drug-likeness (QED) is 0.838. The molecule has 1 amide bonds. The summed E-state index contributed by atoms with van der Waals surface area (Å²) >= 11 is 0. The molecule has 100 valence electrons. The maximum Gasteiger partial charge on any atom is 0.275 e. The van der Waals surface area contributed by atoms with Crippen LogP contribution in [0.2, 0.25) is 0 Å². The third-order valence-electron chi connectivity index (χ3n) is 3.38. The average Bonchev–Trinajstić information content (AvgIpc) is 2.98. The first-order valence-corrected chi connectivity index (χ1v) is 6.62. The van der Waals surface area contributed by atoms with Crippen molar-refractivity contribution in [1.29, 1.82) is 0 Å². The second-order valence-electron chi connectivity index (χ2n) is 4.73. The predicted octanol–water partition coefficient (Wildman–Crippen LogP) is 2.64. The van der Waals surface area contributed by atoms with Crippen LogP contribution in [-0.4, -0.2) is 28.2 Å². The van der Waals surface area contributed by atoms with Crippen molar-refractivity contribution in [3.8, 4) is 0 Å². The normalized spacial score (nSPS) is 14.2. The zero-order chi connectivity index (χ0) is 13.9. The minimum absolute atomic E-state index is 0.0819. The van der Waals surface area contributed by atoms with Gasteiger partial charge in [0.2, 0.25) is 0 Å². The van der Waals surface area contributed by atoms with Gasteiger partial charge in [-0.3, -0.25) is 9.78 Å². The molecule has 0 N–H and O–H groups in total. The lowest BCUT2D eigenvalue weighted by Crippen LogP contribution is -2.24. The van der Waals surface area contributed by atoms with E-state index in [0.29, 0.717) is 12.1 Å². The molecular formula is C16H15N3O. The second kappa shape index (κ2) is 5.25. The van der Waals surface area contributed by atoms with Crippen LogP contribution < -0.4 is 0 Å². The molecule has 0 radical (unpaired) electrons. The summed E-state index contributed by atoms with van der Waals surface area (Å²) in [5.41, 5.74) is 3.39. The Morgan fingerprint density at radius 3 is 2.70 bits per heavy atom. The van der Waals surface area contributed by atoms with E-state index in [4.69, 9.17) is 0 Å². The Bertz CT molecular complexity index is 664. The molecule has 0 fully saturated rings. The first-order valence-electron chi connectivity index (χ1n) is 6.62. The summed E-state index contributed by atoms with van der Waals surface area (Å²) in [5.74, 6) is -0.0819. The highest BCUT2D eigenvalue weighted by molar-refractivity contribution is 6.04. The molecule has 2 aromatic rings. The highest BCUT2D eigenvalue weighted by atomic mass is 16.2. The number of carbonyl (C=O) groups excluding carboxylic acids is 1. The van der Waals surface area contributed by atoms with Gasteiger partial charge in [-0.25, -0.2) is 5.01 Å². The Hall–Kier alpha value is -2.49. The van der Waals surface area contributed by atoms with Gasteiger partial charge in [0.05, 0.1) is 23.5 Å². The topological polar surface area (TPSA) is 45.6 Å². The number of aromatic nitrogens is 1. The SMILES string of the molecule is Cc1ncccc1C(=O)N1CCC(c2ccccc2)=N1. The van der Waals surface area contributed by atoms with Crippen LogP contribution in [0, 0.1) is 6.92 Å². The van der Waals surface area contributed by atoms with Crippen LogP contribution in [0.1, 0.15) is 28.0 Å². The summed E-state index contributed by atoms with van der Waals surface area (Å²) < 4.78 is 0. The Balaban J connectivity index is 1.85. The summed E-state index contributed by atoms with van der Waals surface area (Å²) in [5, 5.41) is 5.98. The van der Waals surface area contributed by atoms with Gasteiger partial charge in [-0.1, -0.05) is 30.3 Å². The van der Waals surface area contributed by atoms with Crippen molar-refractivity contribution >= 4 is 11.6 Å². The fourth-order valence-corrected chi connectivity index (χ4v) is 2.29. The van der Waals surface area contributed by atoms with E-state index in [-0.39, 0.29) is 5.91 Å². The van der Waals surface area contributed by atoms with Crippen molar-refractivity contribution in [2.75, 3.05) is 6.54 Å². The van der Waals surface area contributed by atoms with Crippen LogP contribution in [0.25, 0.3) is 0 Å². The Labute approximate surface area is 117 Å². The number of carbonyl (C=O) groups is 1. The summed E-state index contributed by atoms with van der Waals surface area (Å²) in [6, 6.07) is 13.5. The molecule has 20 heavy (non-hydrogen) atoms. The fraction of sp³-hybridized carbons (Fsp3) is 0.188. The first kappa shape index (κ1) is 12.5. The number of nitrogens with zero attached hydrogens (tertiary/aromatic N) is 3. The zero-order valence-electron chi connectivity index (χ0n) is 11.3. The number of hydrazone groups is 1. The van der Waals surface area contributed by atoms with Crippen LogP contribution in [0.3, 0.4) is 0 Å². The van der Waals surface area contributed by atoms with E-state index in [0.717, 1.165) is 23.4 Å². The molecule has 1 aliphatic rings. The van der Waals surface area contributed by atoms with Gasteiger partial charge in [-0.2, -0.15) is 5.10 Å². The largest absolute Gasteiger partial charge is 0.275 e. The standard InChI is InChI=1S/C16H15N3O/c1-12-14(8-5-10-17-12)16(20)19-11-9-15(18-19)13-6-3-2-4-7-13/h2-8,10H,9,11H2,1H3. The number of aryl methyl sites for hydroxylation is 1. The van der Waals surface area contributed by atoms with Crippen molar-refractivity contribution in [2.45, 2.75) is 13.3 Å².